The molecule has 0 N–H and O–H groups in total. The van der Waals surface area contributed by atoms with Crippen LogP contribution in [-0.2, 0) is 6.42 Å². The summed E-state index contributed by atoms with van der Waals surface area (Å²) in [5.74, 6) is 0.398. The van der Waals surface area contributed by atoms with Gasteiger partial charge in [0, 0.05) is 23.1 Å². The molecule has 24 heavy (non-hydrogen) atoms. The van der Waals surface area contributed by atoms with Crippen LogP contribution in [0.4, 0.5) is 0 Å². The van der Waals surface area contributed by atoms with Crippen LogP contribution in [0.25, 0.3) is 11.0 Å². The summed E-state index contributed by atoms with van der Waals surface area (Å²) in [7, 11) is 0. The molecule has 1 heterocycles. The number of fused-ring (bicyclic) bond motifs is 1. The highest BCUT2D eigenvalue weighted by atomic mass is 16.5. The topological polar surface area (TPSA) is 56.5 Å². The maximum absolute atomic E-state index is 12.5. The van der Waals surface area contributed by atoms with Crippen molar-refractivity contribution in [1.29, 1.82) is 0 Å². The van der Waals surface area contributed by atoms with E-state index in [1.807, 2.05) is 24.3 Å². The molecule has 0 aliphatic carbocycles. The third-order valence-corrected chi connectivity index (χ3v) is 3.92. The van der Waals surface area contributed by atoms with Crippen LogP contribution in [-0.4, -0.2) is 11.9 Å². The Kier molecular flexibility index (Phi) is 4.47. The van der Waals surface area contributed by atoms with Crippen LogP contribution in [0.1, 0.15) is 29.8 Å². The van der Waals surface area contributed by atoms with Crippen molar-refractivity contribution >= 4 is 16.8 Å². The monoisotopic (exact) mass is 322 g/mol. The van der Waals surface area contributed by atoms with Crippen molar-refractivity contribution in [3.63, 3.8) is 0 Å². The molecule has 0 bridgehead atoms. The highest BCUT2D eigenvalue weighted by Crippen LogP contribution is 2.21. The summed E-state index contributed by atoms with van der Waals surface area (Å²) >= 11 is 0. The molecule has 0 saturated carbocycles. The third-order valence-electron chi connectivity index (χ3n) is 3.92. The Bertz CT molecular complexity index is 922. The number of carbonyl (C=O) groups is 1. The van der Waals surface area contributed by atoms with Gasteiger partial charge in [0.2, 0.25) is 5.78 Å². The van der Waals surface area contributed by atoms with Crippen LogP contribution < -0.4 is 10.4 Å². The van der Waals surface area contributed by atoms with E-state index in [9.17, 15) is 9.59 Å². The molecule has 0 amide bonds. The van der Waals surface area contributed by atoms with Crippen molar-refractivity contribution < 1.29 is 13.9 Å². The first-order valence-corrected chi connectivity index (χ1v) is 7.90. The number of rotatable bonds is 5. The van der Waals surface area contributed by atoms with Crippen molar-refractivity contribution in [3.8, 4) is 5.75 Å². The van der Waals surface area contributed by atoms with E-state index in [1.54, 1.807) is 31.2 Å². The van der Waals surface area contributed by atoms with Crippen molar-refractivity contribution in [2.24, 2.45) is 0 Å². The van der Waals surface area contributed by atoms with Gasteiger partial charge in [-0.15, -0.1) is 0 Å². The van der Waals surface area contributed by atoms with Gasteiger partial charge in [-0.3, -0.25) is 4.79 Å². The van der Waals surface area contributed by atoms with Crippen molar-refractivity contribution in [3.05, 3.63) is 76.1 Å². The molecule has 4 heteroatoms. The second kappa shape index (κ2) is 6.71. The van der Waals surface area contributed by atoms with Crippen molar-refractivity contribution in [1.82, 2.24) is 0 Å². The molecule has 2 aromatic carbocycles. The van der Waals surface area contributed by atoms with Crippen LogP contribution >= 0.6 is 0 Å². The fourth-order valence-corrected chi connectivity index (χ4v) is 2.51. The number of benzene rings is 2. The lowest BCUT2D eigenvalue weighted by Crippen LogP contribution is -2.23. The Balaban J connectivity index is 1.79. The van der Waals surface area contributed by atoms with Crippen LogP contribution in [0.2, 0.25) is 0 Å². The Morgan fingerprint density at radius 1 is 1.08 bits per heavy atom. The number of hydrogen-bond donors (Lipinski definition) is 0. The van der Waals surface area contributed by atoms with Gasteiger partial charge in [-0.2, -0.15) is 0 Å². The van der Waals surface area contributed by atoms with Gasteiger partial charge in [-0.25, -0.2) is 4.79 Å². The number of carbonyl (C=O) groups excluding carboxylic acids is 1. The zero-order valence-electron chi connectivity index (χ0n) is 13.6. The Labute approximate surface area is 139 Å². The molecule has 0 aliphatic heterocycles. The summed E-state index contributed by atoms with van der Waals surface area (Å²) in [6, 6.07) is 15.8. The lowest BCUT2D eigenvalue weighted by Gasteiger charge is -2.14. The van der Waals surface area contributed by atoms with Gasteiger partial charge >= 0.3 is 5.63 Å². The quantitative estimate of drug-likeness (QED) is 0.526. The SMILES string of the molecule is CCc1ccc(C(=O)C(C)Oc2ccc3ccc(=O)oc3c2)cc1. The number of aryl methyl sites for hydroxylation is 1. The molecule has 0 saturated heterocycles. The van der Waals surface area contributed by atoms with E-state index >= 15 is 0 Å². The standard InChI is InChI=1S/C20H18O4/c1-3-14-4-6-16(7-5-14)20(22)13(2)23-17-10-8-15-9-11-19(21)24-18(15)12-17/h4-13H,3H2,1-2H3. The lowest BCUT2D eigenvalue weighted by molar-refractivity contribution is 0.0818. The minimum absolute atomic E-state index is 0.0905. The number of ketones is 1. The van der Waals surface area contributed by atoms with E-state index in [-0.39, 0.29) is 5.78 Å². The molecule has 1 atom stereocenters. The molecule has 0 aliphatic rings. The summed E-state index contributed by atoms with van der Waals surface area (Å²) in [5, 5.41) is 0.802. The van der Waals surface area contributed by atoms with Gasteiger partial charge in [-0.1, -0.05) is 31.2 Å². The molecule has 1 aromatic heterocycles. The van der Waals surface area contributed by atoms with Crippen LogP contribution in [0.3, 0.4) is 0 Å². The highest BCUT2D eigenvalue weighted by Gasteiger charge is 2.17. The van der Waals surface area contributed by atoms with Crippen LogP contribution in [0, 0.1) is 0 Å². The second-order valence-corrected chi connectivity index (χ2v) is 5.63. The maximum Gasteiger partial charge on any atom is 0.336 e. The lowest BCUT2D eigenvalue weighted by atomic mass is 10.0. The minimum Gasteiger partial charge on any atom is -0.482 e. The van der Waals surface area contributed by atoms with Gasteiger partial charge in [0.1, 0.15) is 11.3 Å². The molecule has 1 unspecified atom stereocenters. The largest absolute Gasteiger partial charge is 0.482 e. The average Bonchev–Trinajstić information content (AvgIpc) is 2.60. The van der Waals surface area contributed by atoms with E-state index in [2.05, 4.69) is 6.92 Å². The zero-order valence-corrected chi connectivity index (χ0v) is 13.6. The van der Waals surface area contributed by atoms with Gasteiger partial charge in [0.05, 0.1) is 0 Å². The molecular formula is C20H18O4. The maximum atomic E-state index is 12.5. The minimum atomic E-state index is -0.634. The number of hydrogen-bond acceptors (Lipinski definition) is 4. The average molecular weight is 322 g/mol. The van der Waals surface area contributed by atoms with E-state index in [1.165, 1.54) is 11.6 Å². The van der Waals surface area contributed by atoms with E-state index in [4.69, 9.17) is 9.15 Å². The number of ether oxygens (including phenoxy) is 1. The zero-order chi connectivity index (χ0) is 17.1. The molecule has 122 valence electrons. The van der Waals surface area contributed by atoms with Crippen molar-refractivity contribution in [2.75, 3.05) is 0 Å². The summed E-state index contributed by atoms with van der Waals surface area (Å²) in [6.07, 6.45) is 0.299. The Morgan fingerprint density at radius 2 is 1.79 bits per heavy atom. The van der Waals surface area contributed by atoms with Crippen LogP contribution in [0.5, 0.6) is 5.75 Å². The number of Topliss-reactive ketones (excluding diaryl/α,β-unsaturated/α-hetero) is 1. The summed E-state index contributed by atoms with van der Waals surface area (Å²) in [6.45, 7) is 3.78. The summed E-state index contributed by atoms with van der Waals surface area (Å²) in [4.78, 5) is 23.8. The fourth-order valence-electron chi connectivity index (χ4n) is 2.51. The fraction of sp³-hybridized carbons (Fsp3) is 0.200. The first kappa shape index (κ1) is 16.0. The molecule has 4 nitrogen and oxygen atoms in total. The van der Waals surface area contributed by atoms with Gasteiger partial charge < -0.3 is 9.15 Å². The van der Waals surface area contributed by atoms with E-state index in [0.717, 1.165) is 11.8 Å². The van der Waals surface area contributed by atoms with Crippen LogP contribution in [0.15, 0.2) is 63.8 Å². The first-order chi connectivity index (χ1) is 11.6. The predicted octanol–water partition coefficient (Wildman–Crippen LogP) is 4.01. The second-order valence-electron chi connectivity index (χ2n) is 5.63. The summed E-state index contributed by atoms with van der Waals surface area (Å²) in [5.41, 5.74) is 1.82. The highest BCUT2D eigenvalue weighted by molar-refractivity contribution is 5.99. The van der Waals surface area contributed by atoms with Gasteiger partial charge in [0.25, 0.3) is 0 Å². The Morgan fingerprint density at radius 3 is 2.50 bits per heavy atom. The van der Waals surface area contributed by atoms with Gasteiger partial charge in [0.15, 0.2) is 6.10 Å². The van der Waals surface area contributed by atoms with E-state index < -0.39 is 11.7 Å². The molecule has 0 radical (unpaired) electrons. The normalized spacial score (nSPS) is 12.1. The summed E-state index contributed by atoms with van der Waals surface area (Å²) < 4.78 is 10.9. The smallest absolute Gasteiger partial charge is 0.336 e. The van der Waals surface area contributed by atoms with Crippen molar-refractivity contribution in [2.45, 2.75) is 26.4 Å². The molecular weight excluding hydrogens is 304 g/mol. The molecule has 3 rings (SSSR count). The molecule has 0 spiro atoms. The third kappa shape index (κ3) is 3.38. The Hall–Kier alpha value is -2.88. The van der Waals surface area contributed by atoms with Gasteiger partial charge in [-0.05, 0) is 37.1 Å². The van der Waals surface area contributed by atoms with E-state index in [0.29, 0.717) is 16.9 Å². The molecule has 0 fully saturated rings. The predicted molar refractivity (Wildman–Crippen MR) is 92.7 cm³/mol. The first-order valence-electron chi connectivity index (χ1n) is 7.90. The molecule has 3 aromatic rings.